The lowest BCUT2D eigenvalue weighted by atomic mass is 9.93. The van der Waals surface area contributed by atoms with E-state index in [-0.39, 0.29) is 17.6 Å². The van der Waals surface area contributed by atoms with Gasteiger partial charge in [-0.25, -0.2) is 0 Å². The minimum Gasteiger partial charge on any atom is -0.388 e. The van der Waals surface area contributed by atoms with Crippen molar-refractivity contribution >= 4 is 11.6 Å². The fourth-order valence-electron chi connectivity index (χ4n) is 2.40. The van der Waals surface area contributed by atoms with Crippen LogP contribution in [0.25, 0.3) is 0 Å². The maximum Gasteiger partial charge on any atom is 0.252 e. The van der Waals surface area contributed by atoms with Gasteiger partial charge in [-0.1, -0.05) is 0 Å². The SMILES string of the molecule is CNc1ccc(C(=O)NC2(C)CCOC2C)c(C)c1. The Kier molecular flexibility index (Phi) is 3.80. The molecule has 19 heavy (non-hydrogen) atoms. The molecule has 2 rings (SSSR count). The lowest BCUT2D eigenvalue weighted by Crippen LogP contribution is -2.50. The molecule has 0 aliphatic carbocycles. The molecule has 104 valence electrons. The highest BCUT2D eigenvalue weighted by Crippen LogP contribution is 2.26. The second-order valence-corrected chi connectivity index (χ2v) is 5.41. The van der Waals surface area contributed by atoms with Crippen LogP contribution in [0.1, 0.15) is 36.2 Å². The van der Waals surface area contributed by atoms with Gasteiger partial charge < -0.3 is 15.4 Å². The summed E-state index contributed by atoms with van der Waals surface area (Å²) in [6.45, 7) is 6.70. The van der Waals surface area contributed by atoms with Gasteiger partial charge in [0.15, 0.2) is 0 Å². The van der Waals surface area contributed by atoms with Gasteiger partial charge in [-0.05, 0) is 51.0 Å². The molecule has 1 aromatic carbocycles. The van der Waals surface area contributed by atoms with Gasteiger partial charge in [-0.3, -0.25) is 4.79 Å². The largest absolute Gasteiger partial charge is 0.388 e. The number of benzene rings is 1. The van der Waals surface area contributed by atoms with E-state index in [0.29, 0.717) is 6.61 Å². The molecule has 1 amide bonds. The first kappa shape index (κ1) is 13.9. The Bertz CT molecular complexity index is 487. The molecule has 2 N–H and O–H groups in total. The van der Waals surface area contributed by atoms with E-state index >= 15 is 0 Å². The van der Waals surface area contributed by atoms with Crippen LogP contribution in [0.15, 0.2) is 18.2 Å². The van der Waals surface area contributed by atoms with Crippen LogP contribution in [0.5, 0.6) is 0 Å². The molecule has 0 spiro atoms. The first-order valence-corrected chi connectivity index (χ1v) is 6.69. The minimum absolute atomic E-state index is 0.0278. The summed E-state index contributed by atoms with van der Waals surface area (Å²) in [6.07, 6.45) is 0.904. The molecule has 1 aliphatic heterocycles. The highest BCUT2D eigenvalue weighted by Gasteiger charge is 2.38. The number of carbonyl (C=O) groups excluding carboxylic acids is 1. The van der Waals surface area contributed by atoms with Crippen molar-refractivity contribution in [2.24, 2.45) is 0 Å². The second-order valence-electron chi connectivity index (χ2n) is 5.41. The molecule has 1 saturated heterocycles. The van der Waals surface area contributed by atoms with Crippen molar-refractivity contribution in [2.75, 3.05) is 19.0 Å². The summed E-state index contributed by atoms with van der Waals surface area (Å²) < 4.78 is 5.55. The molecular formula is C15H22N2O2. The normalized spacial score (nSPS) is 26.2. The zero-order valence-electron chi connectivity index (χ0n) is 12.0. The van der Waals surface area contributed by atoms with Crippen LogP contribution in [0.2, 0.25) is 0 Å². The summed E-state index contributed by atoms with van der Waals surface area (Å²) in [6, 6.07) is 5.75. The maximum absolute atomic E-state index is 12.4. The topological polar surface area (TPSA) is 50.4 Å². The Labute approximate surface area is 114 Å². The highest BCUT2D eigenvalue weighted by atomic mass is 16.5. The zero-order chi connectivity index (χ0) is 14.0. The standard InChI is InChI=1S/C15H22N2O2/c1-10-9-12(16-4)5-6-13(10)14(18)17-15(3)7-8-19-11(15)2/h5-6,9,11,16H,7-8H2,1-4H3,(H,17,18). The van der Waals surface area contributed by atoms with Crippen molar-refractivity contribution in [3.63, 3.8) is 0 Å². The predicted octanol–water partition coefficient (Wildman–Crippen LogP) is 2.33. The Hall–Kier alpha value is -1.55. The van der Waals surface area contributed by atoms with Crippen molar-refractivity contribution in [3.8, 4) is 0 Å². The molecule has 0 saturated carbocycles. The number of hydrogen-bond acceptors (Lipinski definition) is 3. The Morgan fingerprint density at radius 1 is 1.47 bits per heavy atom. The summed E-state index contributed by atoms with van der Waals surface area (Å²) in [5.74, 6) is -0.0278. The highest BCUT2D eigenvalue weighted by molar-refractivity contribution is 5.96. The first-order valence-electron chi connectivity index (χ1n) is 6.69. The van der Waals surface area contributed by atoms with Gasteiger partial charge in [0.25, 0.3) is 5.91 Å². The van der Waals surface area contributed by atoms with E-state index in [1.165, 1.54) is 0 Å². The number of amides is 1. The third kappa shape index (κ3) is 2.73. The smallest absolute Gasteiger partial charge is 0.252 e. The predicted molar refractivity (Wildman–Crippen MR) is 76.6 cm³/mol. The quantitative estimate of drug-likeness (QED) is 0.879. The maximum atomic E-state index is 12.4. The first-order chi connectivity index (χ1) is 8.96. The van der Waals surface area contributed by atoms with Crippen LogP contribution < -0.4 is 10.6 Å². The van der Waals surface area contributed by atoms with Gasteiger partial charge in [0.1, 0.15) is 0 Å². The van der Waals surface area contributed by atoms with Crippen LogP contribution >= 0.6 is 0 Å². The van der Waals surface area contributed by atoms with Gasteiger partial charge in [-0.2, -0.15) is 0 Å². The van der Waals surface area contributed by atoms with E-state index in [9.17, 15) is 4.79 Å². The van der Waals surface area contributed by atoms with Gasteiger partial charge in [0.2, 0.25) is 0 Å². The summed E-state index contributed by atoms with van der Waals surface area (Å²) in [7, 11) is 1.87. The molecule has 1 aromatic rings. The van der Waals surface area contributed by atoms with Crippen LogP contribution in [-0.2, 0) is 4.74 Å². The summed E-state index contributed by atoms with van der Waals surface area (Å²) in [5, 5.41) is 6.19. The Morgan fingerprint density at radius 3 is 2.74 bits per heavy atom. The molecule has 4 nitrogen and oxygen atoms in total. The van der Waals surface area contributed by atoms with E-state index < -0.39 is 0 Å². The third-order valence-electron chi connectivity index (χ3n) is 4.05. The zero-order valence-corrected chi connectivity index (χ0v) is 12.0. The second kappa shape index (κ2) is 5.21. The van der Waals surface area contributed by atoms with E-state index in [1.54, 1.807) is 0 Å². The van der Waals surface area contributed by atoms with Crippen molar-refractivity contribution < 1.29 is 9.53 Å². The van der Waals surface area contributed by atoms with E-state index in [2.05, 4.69) is 10.6 Å². The molecular weight excluding hydrogens is 240 g/mol. The summed E-state index contributed by atoms with van der Waals surface area (Å²) in [4.78, 5) is 12.4. The number of ether oxygens (including phenoxy) is 1. The van der Waals surface area contributed by atoms with E-state index in [1.807, 2.05) is 46.0 Å². The Balaban J connectivity index is 2.16. The minimum atomic E-state index is -0.273. The molecule has 1 aliphatic rings. The van der Waals surface area contributed by atoms with Crippen LogP contribution in [-0.4, -0.2) is 31.2 Å². The van der Waals surface area contributed by atoms with Crippen molar-refractivity contribution in [1.29, 1.82) is 0 Å². The fourth-order valence-corrected chi connectivity index (χ4v) is 2.40. The van der Waals surface area contributed by atoms with Gasteiger partial charge in [-0.15, -0.1) is 0 Å². The monoisotopic (exact) mass is 262 g/mol. The van der Waals surface area contributed by atoms with Crippen LogP contribution in [0.3, 0.4) is 0 Å². The van der Waals surface area contributed by atoms with Crippen LogP contribution in [0.4, 0.5) is 5.69 Å². The fraction of sp³-hybridized carbons (Fsp3) is 0.533. The summed E-state index contributed by atoms with van der Waals surface area (Å²) in [5.41, 5.74) is 2.43. The van der Waals surface area contributed by atoms with E-state index in [0.717, 1.165) is 23.2 Å². The number of aryl methyl sites for hydroxylation is 1. The molecule has 0 radical (unpaired) electrons. The molecule has 1 heterocycles. The van der Waals surface area contributed by atoms with Crippen molar-refractivity contribution in [2.45, 2.75) is 38.8 Å². The van der Waals surface area contributed by atoms with Crippen LogP contribution in [0, 0.1) is 6.92 Å². The van der Waals surface area contributed by atoms with Crippen molar-refractivity contribution in [1.82, 2.24) is 5.32 Å². The van der Waals surface area contributed by atoms with Gasteiger partial charge in [0, 0.05) is 24.9 Å². The van der Waals surface area contributed by atoms with Gasteiger partial charge in [0.05, 0.1) is 11.6 Å². The number of carbonyl (C=O) groups is 1. The average molecular weight is 262 g/mol. The lowest BCUT2D eigenvalue weighted by Gasteiger charge is -2.29. The molecule has 0 bridgehead atoms. The van der Waals surface area contributed by atoms with Gasteiger partial charge >= 0.3 is 0 Å². The molecule has 1 fully saturated rings. The number of anilines is 1. The lowest BCUT2D eigenvalue weighted by molar-refractivity contribution is 0.0727. The third-order valence-corrected chi connectivity index (χ3v) is 4.05. The molecule has 4 heteroatoms. The van der Waals surface area contributed by atoms with E-state index in [4.69, 9.17) is 4.74 Å². The average Bonchev–Trinajstić information content (AvgIpc) is 2.68. The molecule has 2 unspecified atom stereocenters. The summed E-state index contributed by atoms with van der Waals surface area (Å²) >= 11 is 0. The van der Waals surface area contributed by atoms with Crippen molar-refractivity contribution in [3.05, 3.63) is 29.3 Å². The Morgan fingerprint density at radius 2 is 2.21 bits per heavy atom. The number of hydrogen-bond donors (Lipinski definition) is 2. The number of nitrogens with one attached hydrogen (secondary N) is 2. The molecule has 2 atom stereocenters. The number of rotatable bonds is 3. The molecule has 0 aromatic heterocycles.